The summed E-state index contributed by atoms with van der Waals surface area (Å²) >= 11 is 0. The van der Waals surface area contributed by atoms with Gasteiger partial charge in [-0.15, -0.1) is 0 Å². The smallest absolute Gasteiger partial charge is 0.240 e. The molecule has 0 aliphatic heterocycles. The highest BCUT2D eigenvalue weighted by atomic mass is 32.2. The van der Waals surface area contributed by atoms with E-state index < -0.39 is 10.0 Å². The second kappa shape index (κ2) is 6.36. The van der Waals surface area contributed by atoms with Crippen LogP contribution in [0.4, 0.5) is 5.69 Å². The van der Waals surface area contributed by atoms with Crippen molar-refractivity contribution in [3.05, 3.63) is 24.3 Å². The number of hydrogen-bond acceptors (Lipinski definition) is 4. The number of carbonyl (C=O) groups is 1. The van der Waals surface area contributed by atoms with Crippen LogP contribution in [0.15, 0.2) is 29.2 Å². The highest BCUT2D eigenvalue weighted by Gasteiger charge is 2.11. The Hall–Kier alpha value is -1.60. The second-order valence-corrected chi connectivity index (χ2v) is 5.44. The number of rotatable bonds is 7. The highest BCUT2D eigenvalue weighted by molar-refractivity contribution is 7.89. The van der Waals surface area contributed by atoms with Crippen LogP contribution in [0.2, 0.25) is 0 Å². The molecule has 100 valence electrons. The number of primary amides is 1. The average molecular weight is 271 g/mol. The van der Waals surface area contributed by atoms with Gasteiger partial charge in [-0.05, 0) is 24.3 Å². The minimum absolute atomic E-state index is 0.213. The zero-order valence-electron chi connectivity index (χ0n) is 10.1. The minimum Gasteiger partial charge on any atom is -0.385 e. The first-order valence-electron chi connectivity index (χ1n) is 5.57. The van der Waals surface area contributed by atoms with Crippen molar-refractivity contribution < 1.29 is 13.2 Å². The van der Waals surface area contributed by atoms with Crippen molar-refractivity contribution in [2.75, 3.05) is 18.4 Å². The van der Waals surface area contributed by atoms with E-state index in [0.717, 1.165) is 5.69 Å². The zero-order chi connectivity index (χ0) is 13.6. The maximum absolute atomic E-state index is 11.7. The maximum Gasteiger partial charge on any atom is 0.240 e. The molecule has 7 heteroatoms. The summed E-state index contributed by atoms with van der Waals surface area (Å²) < 4.78 is 25.7. The summed E-state index contributed by atoms with van der Waals surface area (Å²) in [5.41, 5.74) is 5.75. The van der Waals surface area contributed by atoms with Crippen molar-refractivity contribution in [2.24, 2.45) is 5.73 Å². The standard InChI is InChI=1S/C11H17N3O3S/c1-2-14-18(16,17)10-5-3-9(4-6-10)13-8-7-11(12)15/h3-6,13-14H,2,7-8H2,1H3,(H2,12,15). The summed E-state index contributed by atoms with van der Waals surface area (Å²) in [6.45, 7) is 2.49. The molecule has 1 amide bonds. The van der Waals surface area contributed by atoms with Crippen LogP contribution >= 0.6 is 0 Å². The third-order valence-electron chi connectivity index (χ3n) is 2.20. The average Bonchev–Trinajstić information content (AvgIpc) is 2.29. The second-order valence-electron chi connectivity index (χ2n) is 3.67. The third-order valence-corrected chi connectivity index (χ3v) is 3.76. The predicted octanol–water partition coefficient (Wildman–Crippen LogP) is 0.272. The Morgan fingerprint density at radius 1 is 1.28 bits per heavy atom. The van der Waals surface area contributed by atoms with Crippen LogP contribution < -0.4 is 15.8 Å². The Labute approximate surface area is 107 Å². The molecule has 0 saturated carbocycles. The molecule has 0 unspecified atom stereocenters. The van der Waals surface area contributed by atoms with Crippen molar-refractivity contribution in [3.63, 3.8) is 0 Å². The Morgan fingerprint density at radius 3 is 2.39 bits per heavy atom. The summed E-state index contributed by atoms with van der Waals surface area (Å²) in [6.07, 6.45) is 0.234. The number of amides is 1. The molecule has 1 rings (SSSR count). The molecular formula is C11H17N3O3S. The molecule has 6 nitrogen and oxygen atoms in total. The monoisotopic (exact) mass is 271 g/mol. The van der Waals surface area contributed by atoms with Crippen LogP contribution in [0.1, 0.15) is 13.3 Å². The number of hydrogen-bond donors (Lipinski definition) is 3. The lowest BCUT2D eigenvalue weighted by Crippen LogP contribution is -2.23. The van der Waals surface area contributed by atoms with Crippen LogP contribution in [-0.2, 0) is 14.8 Å². The lowest BCUT2D eigenvalue weighted by atomic mass is 10.3. The van der Waals surface area contributed by atoms with E-state index in [1.165, 1.54) is 12.1 Å². The van der Waals surface area contributed by atoms with E-state index in [0.29, 0.717) is 13.1 Å². The van der Waals surface area contributed by atoms with Gasteiger partial charge in [-0.3, -0.25) is 4.79 Å². The molecule has 0 saturated heterocycles. The van der Waals surface area contributed by atoms with Gasteiger partial charge in [0.1, 0.15) is 0 Å². The predicted molar refractivity (Wildman–Crippen MR) is 69.6 cm³/mol. The molecule has 4 N–H and O–H groups in total. The molecular weight excluding hydrogens is 254 g/mol. The molecule has 0 aliphatic rings. The first-order chi connectivity index (χ1) is 8.45. The zero-order valence-corrected chi connectivity index (χ0v) is 11.0. The molecule has 0 atom stereocenters. The van der Waals surface area contributed by atoms with Gasteiger partial charge in [0.25, 0.3) is 0 Å². The maximum atomic E-state index is 11.7. The number of nitrogens with one attached hydrogen (secondary N) is 2. The van der Waals surface area contributed by atoms with Gasteiger partial charge in [-0.25, -0.2) is 13.1 Å². The highest BCUT2D eigenvalue weighted by Crippen LogP contribution is 2.13. The molecule has 0 radical (unpaired) electrons. The van der Waals surface area contributed by atoms with Crippen molar-refractivity contribution in [1.82, 2.24) is 4.72 Å². The summed E-state index contributed by atoms with van der Waals surface area (Å²) in [5.74, 6) is -0.381. The number of carbonyl (C=O) groups excluding carboxylic acids is 1. The molecule has 0 fully saturated rings. The van der Waals surface area contributed by atoms with E-state index in [1.807, 2.05) is 0 Å². The number of benzene rings is 1. The first kappa shape index (κ1) is 14.5. The van der Waals surface area contributed by atoms with Gasteiger partial charge in [-0.1, -0.05) is 6.92 Å². The van der Waals surface area contributed by atoms with Crippen molar-refractivity contribution in [1.29, 1.82) is 0 Å². The molecule has 0 heterocycles. The van der Waals surface area contributed by atoms with Crippen LogP contribution in [0, 0.1) is 0 Å². The third kappa shape index (κ3) is 4.34. The van der Waals surface area contributed by atoms with E-state index >= 15 is 0 Å². The van der Waals surface area contributed by atoms with Gasteiger partial charge < -0.3 is 11.1 Å². The summed E-state index contributed by atoms with van der Waals surface area (Å²) in [7, 11) is -3.41. The van der Waals surface area contributed by atoms with Gasteiger partial charge in [0.2, 0.25) is 15.9 Å². The molecule has 0 spiro atoms. The number of anilines is 1. The molecule has 1 aromatic carbocycles. The van der Waals surface area contributed by atoms with Crippen molar-refractivity contribution in [3.8, 4) is 0 Å². The quantitative estimate of drug-likeness (QED) is 0.662. The van der Waals surface area contributed by atoms with E-state index in [4.69, 9.17) is 5.73 Å². The lowest BCUT2D eigenvalue weighted by Gasteiger charge is -2.07. The number of sulfonamides is 1. The summed E-state index contributed by atoms with van der Waals surface area (Å²) in [6, 6.07) is 6.30. The summed E-state index contributed by atoms with van der Waals surface area (Å²) in [4.78, 5) is 10.8. The van der Waals surface area contributed by atoms with Gasteiger partial charge in [0, 0.05) is 25.2 Å². The summed E-state index contributed by atoms with van der Waals surface area (Å²) in [5, 5.41) is 2.97. The molecule has 18 heavy (non-hydrogen) atoms. The van der Waals surface area contributed by atoms with E-state index in [1.54, 1.807) is 19.1 Å². The van der Waals surface area contributed by atoms with Crippen LogP contribution in [-0.4, -0.2) is 27.4 Å². The van der Waals surface area contributed by atoms with Gasteiger partial charge in [0.05, 0.1) is 4.90 Å². The van der Waals surface area contributed by atoms with Gasteiger partial charge >= 0.3 is 0 Å². The van der Waals surface area contributed by atoms with Gasteiger partial charge in [0.15, 0.2) is 0 Å². The van der Waals surface area contributed by atoms with Crippen LogP contribution in [0.3, 0.4) is 0 Å². The fourth-order valence-corrected chi connectivity index (χ4v) is 2.40. The van der Waals surface area contributed by atoms with Crippen molar-refractivity contribution >= 4 is 21.6 Å². The topological polar surface area (TPSA) is 101 Å². The molecule has 0 aromatic heterocycles. The SMILES string of the molecule is CCNS(=O)(=O)c1ccc(NCCC(N)=O)cc1. The fraction of sp³-hybridized carbons (Fsp3) is 0.364. The van der Waals surface area contributed by atoms with Crippen molar-refractivity contribution in [2.45, 2.75) is 18.2 Å². The largest absolute Gasteiger partial charge is 0.385 e. The molecule has 1 aromatic rings. The Morgan fingerprint density at radius 2 is 1.89 bits per heavy atom. The van der Waals surface area contributed by atoms with Crippen LogP contribution in [0.5, 0.6) is 0 Å². The Balaban J connectivity index is 2.65. The lowest BCUT2D eigenvalue weighted by molar-refractivity contribution is -0.117. The fourth-order valence-electron chi connectivity index (χ4n) is 1.36. The number of nitrogens with two attached hydrogens (primary N) is 1. The first-order valence-corrected chi connectivity index (χ1v) is 7.06. The normalized spacial score (nSPS) is 11.2. The van der Waals surface area contributed by atoms with E-state index in [2.05, 4.69) is 10.0 Å². The van der Waals surface area contributed by atoms with E-state index in [-0.39, 0.29) is 17.2 Å². The molecule has 0 bridgehead atoms. The van der Waals surface area contributed by atoms with Crippen LogP contribution in [0.25, 0.3) is 0 Å². The molecule has 0 aliphatic carbocycles. The Bertz CT molecular complexity index is 497. The minimum atomic E-state index is -3.41. The van der Waals surface area contributed by atoms with Gasteiger partial charge in [-0.2, -0.15) is 0 Å². The Kier molecular flexibility index (Phi) is 5.11. The van der Waals surface area contributed by atoms with E-state index in [9.17, 15) is 13.2 Å².